The molecule has 2 heteroatoms. The maximum atomic E-state index is 5.15. The van der Waals surface area contributed by atoms with Crippen LogP contribution < -0.4 is 0 Å². The SMILES string of the molecule is c1ccc2[nH]c3oc=3ccc2c1. The summed E-state index contributed by atoms with van der Waals surface area (Å²) in [7, 11) is 0. The molecule has 0 bridgehead atoms. The van der Waals surface area contributed by atoms with E-state index in [0.29, 0.717) is 0 Å². The van der Waals surface area contributed by atoms with Crippen molar-refractivity contribution in [3.63, 3.8) is 0 Å². The summed E-state index contributed by atoms with van der Waals surface area (Å²) >= 11 is 0. The molecule has 1 N–H and O–H groups in total. The smallest absolute Gasteiger partial charge is 0.241 e. The van der Waals surface area contributed by atoms with Crippen molar-refractivity contribution >= 4 is 10.9 Å². The molecule has 2 aliphatic rings. The average molecular weight is 157 g/mol. The highest BCUT2D eigenvalue weighted by Crippen LogP contribution is 2.12. The zero-order valence-corrected chi connectivity index (χ0v) is 6.37. The maximum absolute atomic E-state index is 5.15. The van der Waals surface area contributed by atoms with E-state index in [-0.39, 0.29) is 0 Å². The maximum Gasteiger partial charge on any atom is 0.241 e. The van der Waals surface area contributed by atoms with E-state index < -0.39 is 0 Å². The molecule has 2 nitrogen and oxygen atoms in total. The van der Waals surface area contributed by atoms with E-state index in [1.807, 2.05) is 24.3 Å². The molecule has 0 fully saturated rings. The molecule has 0 atom stereocenters. The Labute approximate surface area is 68.5 Å². The second-order valence-corrected chi connectivity index (χ2v) is 2.84. The predicted octanol–water partition coefficient (Wildman–Crippen LogP) is 2.49. The molecule has 1 aromatic carbocycles. The molecule has 58 valence electrons. The summed E-state index contributed by atoms with van der Waals surface area (Å²) in [6.07, 6.45) is 0. The summed E-state index contributed by atoms with van der Waals surface area (Å²) in [5, 5.41) is 1.20. The molecule has 0 amide bonds. The Morgan fingerprint density at radius 3 is 2.92 bits per heavy atom. The third kappa shape index (κ3) is 0.749. The number of aromatic amines is 1. The fourth-order valence-electron chi connectivity index (χ4n) is 1.33. The minimum atomic E-state index is 0.885. The van der Waals surface area contributed by atoms with Gasteiger partial charge in [-0.1, -0.05) is 18.2 Å². The molecule has 0 unspecified atom stereocenters. The second kappa shape index (κ2) is 1.91. The van der Waals surface area contributed by atoms with Crippen LogP contribution in [0.5, 0.6) is 0 Å². The number of rotatable bonds is 0. The van der Waals surface area contributed by atoms with Crippen molar-refractivity contribution in [3.8, 4) is 0 Å². The van der Waals surface area contributed by atoms with Crippen LogP contribution in [0.3, 0.4) is 0 Å². The molecule has 0 spiro atoms. The number of para-hydroxylation sites is 1. The predicted molar refractivity (Wildman–Crippen MR) is 45.9 cm³/mol. The van der Waals surface area contributed by atoms with E-state index in [1.165, 1.54) is 5.39 Å². The van der Waals surface area contributed by atoms with E-state index in [0.717, 1.165) is 16.5 Å². The van der Waals surface area contributed by atoms with Gasteiger partial charge in [0.05, 0.1) is 0 Å². The van der Waals surface area contributed by atoms with Gasteiger partial charge in [0.25, 0.3) is 0 Å². The summed E-state index contributed by atoms with van der Waals surface area (Å²) in [6, 6.07) is 12.2. The van der Waals surface area contributed by atoms with Crippen LogP contribution >= 0.6 is 0 Å². The lowest BCUT2D eigenvalue weighted by molar-refractivity contribution is 0.626. The van der Waals surface area contributed by atoms with Crippen LogP contribution in [0, 0.1) is 11.0 Å². The van der Waals surface area contributed by atoms with Gasteiger partial charge in [-0.3, -0.25) is 0 Å². The van der Waals surface area contributed by atoms with E-state index in [2.05, 4.69) is 17.1 Å². The standard InChI is InChI=1S/C10H7NO/c1-2-4-8-7(3-1)5-6-9-10(11-8)12-9/h1-6,11H. The largest absolute Gasteiger partial charge is 0.432 e. The van der Waals surface area contributed by atoms with Gasteiger partial charge in [0.1, 0.15) is 0 Å². The number of nitrogens with one attached hydrogen (secondary N) is 1. The third-order valence-corrected chi connectivity index (χ3v) is 2.02. The van der Waals surface area contributed by atoms with Crippen molar-refractivity contribution in [3.05, 3.63) is 47.4 Å². The highest BCUT2D eigenvalue weighted by molar-refractivity contribution is 5.77. The Hall–Kier alpha value is -1.70. The number of benzene rings is 1. The number of hydrogen-bond donors (Lipinski definition) is 1. The van der Waals surface area contributed by atoms with E-state index in [9.17, 15) is 0 Å². The summed E-state index contributed by atoms with van der Waals surface area (Å²) in [4.78, 5) is 3.19. The first kappa shape index (κ1) is 5.89. The van der Waals surface area contributed by atoms with Crippen LogP contribution in [0.1, 0.15) is 0 Å². The normalized spacial score (nSPS) is 11.3. The number of fused-ring (bicyclic) bond motifs is 1. The van der Waals surface area contributed by atoms with Gasteiger partial charge in [0, 0.05) is 5.52 Å². The molecule has 0 aromatic heterocycles. The third-order valence-electron chi connectivity index (χ3n) is 2.02. The lowest BCUT2D eigenvalue weighted by Crippen LogP contribution is -1.69. The van der Waals surface area contributed by atoms with Crippen molar-refractivity contribution in [1.29, 1.82) is 0 Å². The molecule has 12 heavy (non-hydrogen) atoms. The van der Waals surface area contributed by atoms with E-state index in [4.69, 9.17) is 4.42 Å². The summed E-state index contributed by atoms with van der Waals surface area (Å²) in [5.74, 6) is 0. The van der Waals surface area contributed by atoms with Crippen LogP contribution in [-0.2, 0) is 0 Å². The van der Waals surface area contributed by atoms with Gasteiger partial charge in [-0.2, -0.15) is 0 Å². The highest BCUT2D eigenvalue weighted by Gasteiger charge is 1.98. The zero-order valence-electron chi connectivity index (χ0n) is 6.37. The van der Waals surface area contributed by atoms with Crippen molar-refractivity contribution < 1.29 is 4.42 Å². The highest BCUT2D eigenvalue weighted by atomic mass is 16.4. The van der Waals surface area contributed by atoms with E-state index in [1.54, 1.807) is 0 Å². The second-order valence-electron chi connectivity index (χ2n) is 2.84. The summed E-state index contributed by atoms with van der Waals surface area (Å²) in [6.45, 7) is 0. The van der Waals surface area contributed by atoms with Gasteiger partial charge < -0.3 is 9.40 Å². The molecule has 0 saturated carbocycles. The van der Waals surface area contributed by atoms with Gasteiger partial charge in [-0.05, 0) is 23.6 Å². The zero-order chi connectivity index (χ0) is 7.97. The Morgan fingerprint density at radius 2 is 1.92 bits per heavy atom. The molecule has 2 heterocycles. The quantitative estimate of drug-likeness (QED) is 0.533. The lowest BCUT2D eigenvalue weighted by Gasteiger charge is -1.88. The number of H-pyrrole nitrogens is 1. The Morgan fingerprint density at radius 1 is 1.00 bits per heavy atom. The molecule has 1 aromatic rings. The van der Waals surface area contributed by atoms with Crippen molar-refractivity contribution in [2.75, 3.05) is 0 Å². The first-order chi connectivity index (χ1) is 5.93. The number of aromatic nitrogens is 1. The molecule has 0 radical (unpaired) electrons. The fourth-order valence-corrected chi connectivity index (χ4v) is 1.33. The number of hydrogen-bond acceptors (Lipinski definition) is 1. The minimum Gasteiger partial charge on any atom is -0.432 e. The minimum absolute atomic E-state index is 0.885. The van der Waals surface area contributed by atoms with Crippen LogP contribution in [0.25, 0.3) is 10.9 Å². The molecule has 3 rings (SSSR count). The van der Waals surface area contributed by atoms with Crippen LogP contribution in [0.15, 0.2) is 40.8 Å². The van der Waals surface area contributed by atoms with Crippen molar-refractivity contribution in [1.82, 2.24) is 4.98 Å². The van der Waals surface area contributed by atoms with Gasteiger partial charge in [-0.25, -0.2) is 0 Å². The van der Waals surface area contributed by atoms with Gasteiger partial charge in [-0.15, -0.1) is 0 Å². The average Bonchev–Trinajstić information content (AvgIpc) is 2.80. The van der Waals surface area contributed by atoms with Crippen LogP contribution in [-0.4, -0.2) is 4.98 Å². The monoisotopic (exact) mass is 157 g/mol. The Bertz CT molecular complexity index is 575. The molecular weight excluding hydrogens is 150 g/mol. The summed E-state index contributed by atoms with van der Waals surface area (Å²) < 4.78 is 5.15. The van der Waals surface area contributed by atoms with Gasteiger partial charge in [0.2, 0.25) is 5.55 Å². The lowest BCUT2D eigenvalue weighted by atomic mass is 10.2. The molecule has 0 saturated heterocycles. The van der Waals surface area contributed by atoms with Gasteiger partial charge in [0.15, 0.2) is 5.42 Å². The van der Waals surface area contributed by atoms with Crippen molar-refractivity contribution in [2.45, 2.75) is 0 Å². The van der Waals surface area contributed by atoms with Crippen LogP contribution in [0.2, 0.25) is 0 Å². The molecule has 2 aliphatic heterocycles. The van der Waals surface area contributed by atoms with Crippen LogP contribution in [0.4, 0.5) is 0 Å². The summed E-state index contributed by atoms with van der Waals surface area (Å²) in [5.41, 5.74) is 2.94. The van der Waals surface area contributed by atoms with Gasteiger partial charge >= 0.3 is 0 Å². The molecular formula is C10H7NO. The Kier molecular flexibility index (Phi) is 0.939. The van der Waals surface area contributed by atoms with E-state index >= 15 is 0 Å². The van der Waals surface area contributed by atoms with Crippen molar-refractivity contribution in [2.24, 2.45) is 0 Å². The first-order valence-corrected chi connectivity index (χ1v) is 3.90. The Balaban J connectivity index is 2.59. The fraction of sp³-hybridized carbons (Fsp3) is 0. The topological polar surface area (TPSA) is 28.9 Å². The first-order valence-electron chi connectivity index (χ1n) is 3.90. The molecule has 0 aliphatic carbocycles.